The number of hydrogen-bond acceptors (Lipinski definition) is 6. The van der Waals surface area contributed by atoms with E-state index >= 15 is 0 Å². The molecule has 0 saturated heterocycles. The molecule has 0 bridgehead atoms. The van der Waals surface area contributed by atoms with Crippen LogP contribution in [-0.4, -0.2) is 38.3 Å². The summed E-state index contributed by atoms with van der Waals surface area (Å²) >= 11 is 1.48. The predicted octanol–water partition coefficient (Wildman–Crippen LogP) is 1.95. The lowest BCUT2D eigenvalue weighted by Gasteiger charge is -2.17. The van der Waals surface area contributed by atoms with Gasteiger partial charge < -0.3 is 9.84 Å². The lowest BCUT2D eigenvalue weighted by atomic mass is 10.1. The van der Waals surface area contributed by atoms with Crippen molar-refractivity contribution in [2.75, 3.05) is 6.61 Å². The van der Waals surface area contributed by atoms with E-state index in [1.54, 1.807) is 20.8 Å². The molecule has 0 atom stereocenters. The Hall–Kier alpha value is -1.73. The normalized spacial score (nSPS) is 11.6. The van der Waals surface area contributed by atoms with Gasteiger partial charge in [-0.05, 0) is 32.2 Å². The standard InChI is InChI=1S/C13H17N3O3S/c1-4-19-12(17)10-11(9-6-5-7-20-9)16(15-14-10)8-13(2,3)18/h5-7,18H,4,8H2,1-3H3. The van der Waals surface area contributed by atoms with E-state index in [1.807, 2.05) is 17.5 Å². The maximum atomic E-state index is 11.9. The molecule has 0 fully saturated rings. The van der Waals surface area contributed by atoms with Gasteiger partial charge in [0, 0.05) is 0 Å². The molecule has 0 spiro atoms. The van der Waals surface area contributed by atoms with Gasteiger partial charge in [0.05, 0.1) is 23.6 Å². The molecular weight excluding hydrogens is 278 g/mol. The molecule has 0 aliphatic carbocycles. The molecule has 20 heavy (non-hydrogen) atoms. The van der Waals surface area contributed by atoms with Crippen molar-refractivity contribution in [1.82, 2.24) is 15.0 Å². The van der Waals surface area contributed by atoms with Crippen LogP contribution in [0, 0.1) is 0 Å². The lowest BCUT2D eigenvalue weighted by Crippen LogP contribution is -2.27. The van der Waals surface area contributed by atoms with Crippen LogP contribution in [0.5, 0.6) is 0 Å². The molecule has 0 unspecified atom stereocenters. The highest BCUT2D eigenvalue weighted by atomic mass is 32.1. The maximum Gasteiger partial charge on any atom is 0.361 e. The van der Waals surface area contributed by atoms with Gasteiger partial charge in [0.25, 0.3) is 0 Å². The fourth-order valence-corrected chi connectivity index (χ4v) is 2.56. The largest absolute Gasteiger partial charge is 0.461 e. The number of hydrogen-bond donors (Lipinski definition) is 1. The summed E-state index contributed by atoms with van der Waals surface area (Å²) in [5.74, 6) is -0.502. The van der Waals surface area contributed by atoms with Crippen LogP contribution in [-0.2, 0) is 11.3 Å². The number of carbonyl (C=O) groups excluding carboxylic acids is 1. The van der Waals surface area contributed by atoms with E-state index in [1.165, 1.54) is 16.0 Å². The van der Waals surface area contributed by atoms with Crippen LogP contribution >= 0.6 is 11.3 Å². The molecule has 2 rings (SSSR count). The summed E-state index contributed by atoms with van der Waals surface area (Å²) in [5, 5.41) is 19.7. The quantitative estimate of drug-likeness (QED) is 0.853. The molecule has 2 heterocycles. The van der Waals surface area contributed by atoms with E-state index in [2.05, 4.69) is 10.3 Å². The maximum absolute atomic E-state index is 11.9. The third-order valence-electron chi connectivity index (χ3n) is 2.50. The third-order valence-corrected chi connectivity index (χ3v) is 3.37. The number of esters is 1. The van der Waals surface area contributed by atoms with E-state index in [0.29, 0.717) is 5.69 Å². The van der Waals surface area contributed by atoms with Gasteiger partial charge in [-0.25, -0.2) is 9.48 Å². The van der Waals surface area contributed by atoms with Gasteiger partial charge in [0.1, 0.15) is 5.69 Å². The van der Waals surface area contributed by atoms with Crippen LogP contribution in [0.2, 0.25) is 0 Å². The SMILES string of the molecule is CCOC(=O)c1nnn(CC(C)(C)O)c1-c1cccs1. The Morgan fingerprint density at radius 2 is 2.30 bits per heavy atom. The number of thiophene rings is 1. The van der Waals surface area contributed by atoms with Crippen molar-refractivity contribution in [1.29, 1.82) is 0 Å². The molecule has 0 saturated carbocycles. The Morgan fingerprint density at radius 3 is 2.85 bits per heavy atom. The lowest BCUT2D eigenvalue weighted by molar-refractivity contribution is 0.0517. The number of carbonyl (C=O) groups is 1. The monoisotopic (exact) mass is 295 g/mol. The molecule has 108 valence electrons. The molecule has 1 N–H and O–H groups in total. The smallest absolute Gasteiger partial charge is 0.361 e. The first-order valence-electron chi connectivity index (χ1n) is 6.29. The minimum atomic E-state index is -0.953. The zero-order valence-corrected chi connectivity index (χ0v) is 12.5. The van der Waals surface area contributed by atoms with Gasteiger partial charge in [0.15, 0.2) is 5.69 Å². The molecule has 0 aromatic carbocycles. The van der Waals surface area contributed by atoms with Crippen LogP contribution in [0.1, 0.15) is 31.3 Å². The molecule has 0 radical (unpaired) electrons. The van der Waals surface area contributed by atoms with Crippen molar-refractivity contribution in [2.45, 2.75) is 32.9 Å². The number of aliphatic hydroxyl groups is 1. The Labute approximate surface area is 121 Å². The molecular formula is C13H17N3O3S. The molecule has 0 amide bonds. The minimum Gasteiger partial charge on any atom is -0.461 e. The molecule has 0 aliphatic rings. The van der Waals surface area contributed by atoms with Crippen LogP contribution in [0.15, 0.2) is 17.5 Å². The van der Waals surface area contributed by atoms with Crippen molar-refractivity contribution >= 4 is 17.3 Å². The van der Waals surface area contributed by atoms with Crippen molar-refractivity contribution in [3.8, 4) is 10.6 Å². The van der Waals surface area contributed by atoms with Gasteiger partial charge in [0.2, 0.25) is 0 Å². The Balaban J connectivity index is 2.46. The number of ether oxygens (including phenoxy) is 1. The zero-order chi connectivity index (χ0) is 14.8. The highest BCUT2D eigenvalue weighted by molar-refractivity contribution is 7.13. The first-order chi connectivity index (χ1) is 9.42. The second kappa shape index (κ2) is 5.72. The number of rotatable bonds is 5. The molecule has 0 aliphatic heterocycles. The summed E-state index contributed by atoms with van der Waals surface area (Å²) in [6, 6.07) is 3.77. The van der Waals surface area contributed by atoms with Crippen molar-refractivity contribution in [3.05, 3.63) is 23.2 Å². The van der Waals surface area contributed by atoms with E-state index in [9.17, 15) is 9.90 Å². The summed E-state index contributed by atoms with van der Waals surface area (Å²) in [4.78, 5) is 12.8. The Kier molecular flexibility index (Phi) is 4.20. The van der Waals surface area contributed by atoms with Crippen LogP contribution in [0.25, 0.3) is 10.6 Å². The predicted molar refractivity (Wildman–Crippen MR) is 75.6 cm³/mol. The minimum absolute atomic E-state index is 0.179. The van der Waals surface area contributed by atoms with Crippen LogP contribution in [0.3, 0.4) is 0 Å². The average Bonchev–Trinajstić information content (AvgIpc) is 2.95. The molecule has 6 nitrogen and oxygen atoms in total. The van der Waals surface area contributed by atoms with Crippen LogP contribution in [0.4, 0.5) is 0 Å². The number of nitrogens with zero attached hydrogens (tertiary/aromatic N) is 3. The summed E-state index contributed by atoms with van der Waals surface area (Å²) < 4.78 is 6.54. The van der Waals surface area contributed by atoms with Gasteiger partial charge in [-0.3, -0.25) is 0 Å². The fraction of sp³-hybridized carbons (Fsp3) is 0.462. The molecule has 7 heteroatoms. The second-order valence-corrected chi connectivity index (χ2v) is 5.90. The number of aromatic nitrogens is 3. The van der Waals surface area contributed by atoms with E-state index in [4.69, 9.17) is 4.74 Å². The Morgan fingerprint density at radius 1 is 1.55 bits per heavy atom. The van der Waals surface area contributed by atoms with Gasteiger partial charge in [-0.15, -0.1) is 16.4 Å². The van der Waals surface area contributed by atoms with Gasteiger partial charge >= 0.3 is 5.97 Å². The first-order valence-corrected chi connectivity index (χ1v) is 7.17. The zero-order valence-electron chi connectivity index (χ0n) is 11.7. The first kappa shape index (κ1) is 14.7. The highest BCUT2D eigenvalue weighted by Crippen LogP contribution is 2.28. The highest BCUT2D eigenvalue weighted by Gasteiger charge is 2.25. The van der Waals surface area contributed by atoms with Crippen molar-refractivity contribution < 1.29 is 14.6 Å². The molecule has 2 aromatic heterocycles. The molecule has 2 aromatic rings. The fourth-order valence-electron chi connectivity index (χ4n) is 1.78. The van der Waals surface area contributed by atoms with E-state index in [-0.39, 0.29) is 18.8 Å². The van der Waals surface area contributed by atoms with Gasteiger partial charge in [-0.2, -0.15) is 0 Å². The summed E-state index contributed by atoms with van der Waals surface area (Å²) in [7, 11) is 0. The summed E-state index contributed by atoms with van der Waals surface area (Å²) in [5.41, 5.74) is -0.190. The Bertz CT molecular complexity index is 585. The second-order valence-electron chi connectivity index (χ2n) is 4.95. The summed E-state index contributed by atoms with van der Waals surface area (Å²) in [6.07, 6.45) is 0. The topological polar surface area (TPSA) is 77.2 Å². The summed E-state index contributed by atoms with van der Waals surface area (Å²) in [6.45, 7) is 5.62. The van der Waals surface area contributed by atoms with Gasteiger partial charge in [-0.1, -0.05) is 11.3 Å². The van der Waals surface area contributed by atoms with E-state index in [0.717, 1.165) is 4.88 Å². The third kappa shape index (κ3) is 3.23. The average molecular weight is 295 g/mol. The van der Waals surface area contributed by atoms with E-state index < -0.39 is 11.6 Å². The van der Waals surface area contributed by atoms with Crippen LogP contribution < -0.4 is 0 Å². The van der Waals surface area contributed by atoms with Crippen molar-refractivity contribution in [3.63, 3.8) is 0 Å². The van der Waals surface area contributed by atoms with Crippen molar-refractivity contribution in [2.24, 2.45) is 0 Å².